The van der Waals surface area contributed by atoms with Crippen LogP contribution >= 0.6 is 0 Å². The Morgan fingerprint density at radius 2 is 2.24 bits per heavy atom. The number of aryl methyl sites for hydroxylation is 1. The minimum atomic E-state index is -1.06. The van der Waals surface area contributed by atoms with E-state index in [2.05, 4.69) is 4.98 Å². The standard InChI is InChI=1S/C12H13N3O2/c1-8-4-12(15(2)3)14-6-10(8)9(5-13)11(17)7-16/h4,6-7,9H,1-3H3. The van der Waals surface area contributed by atoms with Crippen LogP contribution in [0.15, 0.2) is 12.3 Å². The smallest absolute Gasteiger partial charge is 0.216 e. The van der Waals surface area contributed by atoms with E-state index in [0.717, 1.165) is 11.4 Å². The maximum Gasteiger partial charge on any atom is 0.216 e. The summed E-state index contributed by atoms with van der Waals surface area (Å²) < 4.78 is 0. The second-order valence-corrected chi connectivity index (χ2v) is 3.88. The van der Waals surface area contributed by atoms with Crippen molar-refractivity contribution in [2.45, 2.75) is 12.8 Å². The zero-order valence-corrected chi connectivity index (χ0v) is 9.97. The van der Waals surface area contributed by atoms with Crippen LogP contribution in [0.3, 0.4) is 0 Å². The fraction of sp³-hybridized carbons (Fsp3) is 0.333. The number of carbonyl (C=O) groups is 2. The largest absolute Gasteiger partial charge is 0.363 e. The van der Waals surface area contributed by atoms with E-state index >= 15 is 0 Å². The lowest BCUT2D eigenvalue weighted by Gasteiger charge is -2.14. The molecular weight excluding hydrogens is 218 g/mol. The van der Waals surface area contributed by atoms with Gasteiger partial charge in [-0.3, -0.25) is 9.59 Å². The maximum atomic E-state index is 11.3. The number of nitrogens with zero attached hydrogens (tertiary/aromatic N) is 3. The predicted octanol–water partition coefficient (Wildman–Crippen LogP) is 0.831. The van der Waals surface area contributed by atoms with Crippen molar-refractivity contribution in [1.29, 1.82) is 5.26 Å². The zero-order chi connectivity index (χ0) is 13.0. The van der Waals surface area contributed by atoms with Gasteiger partial charge in [0.1, 0.15) is 11.7 Å². The van der Waals surface area contributed by atoms with Crippen LogP contribution in [-0.4, -0.2) is 31.1 Å². The van der Waals surface area contributed by atoms with Crippen LogP contribution in [0.25, 0.3) is 0 Å². The van der Waals surface area contributed by atoms with Crippen molar-refractivity contribution >= 4 is 17.9 Å². The molecule has 17 heavy (non-hydrogen) atoms. The van der Waals surface area contributed by atoms with E-state index in [1.165, 1.54) is 6.20 Å². The Bertz CT molecular complexity index is 489. The number of carbonyl (C=O) groups excluding carboxylic acids is 2. The number of aromatic nitrogens is 1. The molecule has 1 aromatic heterocycles. The molecule has 5 nitrogen and oxygen atoms in total. The summed E-state index contributed by atoms with van der Waals surface area (Å²) in [4.78, 5) is 27.7. The van der Waals surface area contributed by atoms with Crippen molar-refractivity contribution in [3.63, 3.8) is 0 Å². The highest BCUT2D eigenvalue weighted by Crippen LogP contribution is 2.21. The Kier molecular flexibility index (Phi) is 3.94. The quantitative estimate of drug-likeness (QED) is 0.566. The fourth-order valence-corrected chi connectivity index (χ4v) is 1.45. The molecule has 0 radical (unpaired) electrons. The molecule has 1 rings (SSSR count). The highest BCUT2D eigenvalue weighted by molar-refractivity contribution is 6.28. The maximum absolute atomic E-state index is 11.3. The summed E-state index contributed by atoms with van der Waals surface area (Å²) >= 11 is 0. The molecule has 0 aliphatic rings. The minimum Gasteiger partial charge on any atom is -0.363 e. The molecule has 0 aromatic carbocycles. The van der Waals surface area contributed by atoms with Crippen molar-refractivity contribution < 1.29 is 9.59 Å². The van der Waals surface area contributed by atoms with Crippen LogP contribution in [0, 0.1) is 18.3 Å². The van der Waals surface area contributed by atoms with Gasteiger partial charge in [0.2, 0.25) is 5.78 Å². The first kappa shape index (κ1) is 12.8. The monoisotopic (exact) mass is 231 g/mol. The van der Waals surface area contributed by atoms with Gasteiger partial charge in [-0.25, -0.2) is 4.98 Å². The summed E-state index contributed by atoms with van der Waals surface area (Å²) in [6.07, 6.45) is 1.65. The van der Waals surface area contributed by atoms with Gasteiger partial charge >= 0.3 is 0 Å². The normalized spacial score (nSPS) is 11.4. The summed E-state index contributed by atoms with van der Waals surface area (Å²) in [7, 11) is 3.69. The van der Waals surface area contributed by atoms with Crippen molar-refractivity contribution in [3.8, 4) is 6.07 Å². The minimum absolute atomic E-state index is 0.174. The van der Waals surface area contributed by atoms with Crippen LogP contribution in [0.1, 0.15) is 17.0 Å². The van der Waals surface area contributed by atoms with Gasteiger partial charge in [-0.2, -0.15) is 5.26 Å². The molecular formula is C12H13N3O2. The average molecular weight is 231 g/mol. The first-order chi connectivity index (χ1) is 8.01. The predicted molar refractivity (Wildman–Crippen MR) is 62.7 cm³/mol. The first-order valence-electron chi connectivity index (χ1n) is 5.03. The van der Waals surface area contributed by atoms with Crippen molar-refractivity contribution in [2.75, 3.05) is 19.0 Å². The van der Waals surface area contributed by atoms with Gasteiger partial charge in [0.05, 0.1) is 6.07 Å². The summed E-state index contributed by atoms with van der Waals surface area (Å²) in [5, 5.41) is 8.92. The van der Waals surface area contributed by atoms with Gasteiger partial charge in [0, 0.05) is 20.3 Å². The molecule has 0 saturated heterocycles. The van der Waals surface area contributed by atoms with E-state index in [0.29, 0.717) is 5.56 Å². The number of rotatable bonds is 4. The summed E-state index contributed by atoms with van der Waals surface area (Å²) in [5.74, 6) is -1.06. The molecule has 1 aromatic rings. The molecule has 0 fully saturated rings. The molecule has 1 atom stereocenters. The number of ketones is 1. The second-order valence-electron chi connectivity index (χ2n) is 3.88. The third-order valence-corrected chi connectivity index (χ3v) is 2.44. The highest BCUT2D eigenvalue weighted by Gasteiger charge is 2.21. The summed E-state index contributed by atoms with van der Waals surface area (Å²) in [6.45, 7) is 1.78. The fourth-order valence-electron chi connectivity index (χ4n) is 1.45. The van der Waals surface area contributed by atoms with Gasteiger partial charge in [-0.1, -0.05) is 0 Å². The molecule has 0 aliphatic heterocycles. The Labute approximate surface area is 99.7 Å². The van der Waals surface area contributed by atoms with Gasteiger partial charge < -0.3 is 4.90 Å². The number of anilines is 1. The van der Waals surface area contributed by atoms with E-state index in [9.17, 15) is 9.59 Å². The Hall–Kier alpha value is -2.22. The third-order valence-electron chi connectivity index (χ3n) is 2.44. The topological polar surface area (TPSA) is 74.1 Å². The van der Waals surface area contributed by atoms with Gasteiger partial charge in [0.15, 0.2) is 6.29 Å². The summed E-state index contributed by atoms with van der Waals surface area (Å²) in [6, 6.07) is 3.60. The lowest BCUT2D eigenvalue weighted by Crippen LogP contribution is -2.15. The summed E-state index contributed by atoms with van der Waals surface area (Å²) in [5.41, 5.74) is 1.25. The number of aldehydes is 1. The Balaban J connectivity index is 3.19. The molecule has 0 saturated carbocycles. The Morgan fingerprint density at radius 3 is 2.65 bits per heavy atom. The van der Waals surface area contributed by atoms with Crippen LogP contribution in [-0.2, 0) is 9.59 Å². The number of hydrogen-bond acceptors (Lipinski definition) is 5. The lowest BCUT2D eigenvalue weighted by atomic mass is 9.94. The van der Waals surface area contributed by atoms with Crippen molar-refractivity contribution in [2.24, 2.45) is 0 Å². The first-order valence-corrected chi connectivity index (χ1v) is 5.03. The number of nitriles is 1. The molecule has 0 spiro atoms. The van der Waals surface area contributed by atoms with E-state index < -0.39 is 11.7 Å². The van der Waals surface area contributed by atoms with Crippen LogP contribution in [0.4, 0.5) is 5.82 Å². The average Bonchev–Trinajstić information content (AvgIpc) is 2.31. The van der Waals surface area contributed by atoms with Gasteiger partial charge in [-0.15, -0.1) is 0 Å². The third kappa shape index (κ3) is 2.67. The molecule has 0 N–H and O–H groups in total. The molecule has 0 amide bonds. The highest BCUT2D eigenvalue weighted by atomic mass is 16.2. The SMILES string of the molecule is Cc1cc(N(C)C)ncc1C(C#N)C(=O)C=O. The van der Waals surface area contributed by atoms with Crippen LogP contribution in [0.5, 0.6) is 0 Å². The van der Waals surface area contributed by atoms with E-state index in [4.69, 9.17) is 5.26 Å². The van der Waals surface area contributed by atoms with Crippen LogP contribution in [0.2, 0.25) is 0 Å². The number of hydrogen-bond donors (Lipinski definition) is 0. The molecule has 0 bridgehead atoms. The Morgan fingerprint density at radius 1 is 1.59 bits per heavy atom. The number of Topliss-reactive ketones (excluding diaryl/α,β-unsaturated/α-hetero) is 1. The van der Waals surface area contributed by atoms with E-state index in [1.54, 1.807) is 13.0 Å². The van der Waals surface area contributed by atoms with Gasteiger partial charge in [0.25, 0.3) is 0 Å². The van der Waals surface area contributed by atoms with Crippen molar-refractivity contribution in [3.05, 3.63) is 23.4 Å². The molecule has 5 heteroatoms. The number of pyridine rings is 1. The van der Waals surface area contributed by atoms with Crippen molar-refractivity contribution in [1.82, 2.24) is 4.98 Å². The molecule has 1 heterocycles. The van der Waals surface area contributed by atoms with E-state index in [1.807, 2.05) is 25.1 Å². The van der Waals surface area contributed by atoms with Crippen LogP contribution < -0.4 is 4.90 Å². The van der Waals surface area contributed by atoms with Gasteiger partial charge in [-0.05, 0) is 24.1 Å². The molecule has 88 valence electrons. The second kappa shape index (κ2) is 5.21. The lowest BCUT2D eigenvalue weighted by molar-refractivity contribution is -0.130. The zero-order valence-electron chi connectivity index (χ0n) is 9.97. The molecule has 1 unspecified atom stereocenters. The van der Waals surface area contributed by atoms with E-state index in [-0.39, 0.29) is 6.29 Å². The molecule has 0 aliphatic carbocycles.